The molecule has 0 radical (unpaired) electrons. The van der Waals surface area contributed by atoms with E-state index in [0.717, 1.165) is 16.3 Å². The van der Waals surface area contributed by atoms with E-state index < -0.39 is 0 Å². The Balaban J connectivity index is 2.05. The summed E-state index contributed by atoms with van der Waals surface area (Å²) in [6, 6.07) is 14.4. The first-order valence-electron chi connectivity index (χ1n) is 5.59. The standard InChI is InChI=1S/C15H10BrNO2/c16-14-7-13(9-18)5-6-15(14)19-10-12-3-1-11(8-17)2-4-12/h1-7,9H,10H2. The Kier molecular flexibility index (Phi) is 4.32. The van der Waals surface area contributed by atoms with Crippen LogP contribution in [0.15, 0.2) is 46.9 Å². The van der Waals surface area contributed by atoms with E-state index in [4.69, 9.17) is 10.00 Å². The van der Waals surface area contributed by atoms with E-state index in [0.29, 0.717) is 23.5 Å². The molecular weight excluding hydrogens is 306 g/mol. The number of nitriles is 1. The second-order valence-corrected chi connectivity index (χ2v) is 4.76. The van der Waals surface area contributed by atoms with Crippen LogP contribution in [-0.2, 0) is 6.61 Å². The molecule has 3 nitrogen and oxygen atoms in total. The second-order valence-electron chi connectivity index (χ2n) is 3.91. The topological polar surface area (TPSA) is 50.1 Å². The number of carbonyl (C=O) groups is 1. The predicted octanol–water partition coefficient (Wildman–Crippen LogP) is 3.71. The lowest BCUT2D eigenvalue weighted by Crippen LogP contribution is -1.96. The summed E-state index contributed by atoms with van der Waals surface area (Å²) < 4.78 is 6.39. The molecule has 94 valence electrons. The highest BCUT2D eigenvalue weighted by atomic mass is 79.9. The van der Waals surface area contributed by atoms with Gasteiger partial charge in [0.2, 0.25) is 0 Å². The second kappa shape index (κ2) is 6.17. The van der Waals surface area contributed by atoms with Crippen molar-refractivity contribution in [2.75, 3.05) is 0 Å². The van der Waals surface area contributed by atoms with Crippen LogP contribution in [0.5, 0.6) is 5.75 Å². The Hall–Kier alpha value is -2.12. The summed E-state index contributed by atoms with van der Waals surface area (Å²) in [6.45, 7) is 0.407. The number of ether oxygens (including phenoxy) is 1. The van der Waals surface area contributed by atoms with Gasteiger partial charge in [0, 0.05) is 5.56 Å². The maximum Gasteiger partial charge on any atom is 0.150 e. The van der Waals surface area contributed by atoms with Gasteiger partial charge in [0.15, 0.2) is 0 Å². The lowest BCUT2D eigenvalue weighted by Gasteiger charge is -2.08. The van der Waals surface area contributed by atoms with Gasteiger partial charge in [-0.05, 0) is 51.8 Å². The molecule has 0 aliphatic heterocycles. The van der Waals surface area contributed by atoms with Gasteiger partial charge in [-0.1, -0.05) is 12.1 Å². The van der Waals surface area contributed by atoms with Gasteiger partial charge < -0.3 is 4.74 Å². The van der Waals surface area contributed by atoms with E-state index in [1.54, 1.807) is 30.3 Å². The Bertz CT molecular complexity index is 630. The van der Waals surface area contributed by atoms with Crippen molar-refractivity contribution < 1.29 is 9.53 Å². The maximum atomic E-state index is 10.6. The number of rotatable bonds is 4. The largest absolute Gasteiger partial charge is 0.488 e. The number of aldehydes is 1. The van der Waals surface area contributed by atoms with Crippen molar-refractivity contribution in [3.63, 3.8) is 0 Å². The van der Waals surface area contributed by atoms with Crippen molar-refractivity contribution in [3.8, 4) is 11.8 Å². The van der Waals surface area contributed by atoms with E-state index >= 15 is 0 Å². The zero-order valence-electron chi connectivity index (χ0n) is 9.97. The third-order valence-corrected chi connectivity index (χ3v) is 3.19. The predicted molar refractivity (Wildman–Crippen MR) is 75.0 cm³/mol. The van der Waals surface area contributed by atoms with E-state index in [-0.39, 0.29) is 0 Å². The summed E-state index contributed by atoms with van der Waals surface area (Å²) in [4.78, 5) is 10.6. The molecule has 2 rings (SSSR count). The summed E-state index contributed by atoms with van der Waals surface area (Å²) >= 11 is 3.36. The molecule has 0 unspecified atom stereocenters. The molecule has 0 heterocycles. The van der Waals surface area contributed by atoms with Crippen LogP contribution in [0.3, 0.4) is 0 Å². The quantitative estimate of drug-likeness (QED) is 0.808. The van der Waals surface area contributed by atoms with E-state index in [1.165, 1.54) is 0 Å². The highest BCUT2D eigenvalue weighted by molar-refractivity contribution is 9.10. The van der Waals surface area contributed by atoms with E-state index in [2.05, 4.69) is 22.0 Å². The van der Waals surface area contributed by atoms with Gasteiger partial charge in [0.1, 0.15) is 18.6 Å². The van der Waals surface area contributed by atoms with Crippen molar-refractivity contribution in [1.82, 2.24) is 0 Å². The van der Waals surface area contributed by atoms with Crippen LogP contribution in [0.4, 0.5) is 0 Å². The molecule has 2 aromatic carbocycles. The van der Waals surface area contributed by atoms with Crippen LogP contribution < -0.4 is 4.74 Å². The molecule has 0 saturated heterocycles. The minimum atomic E-state index is 0.407. The van der Waals surface area contributed by atoms with Crippen LogP contribution in [0.25, 0.3) is 0 Å². The summed E-state index contributed by atoms with van der Waals surface area (Å²) in [5.41, 5.74) is 2.20. The molecule has 4 heteroatoms. The molecule has 2 aromatic rings. The van der Waals surface area contributed by atoms with Crippen LogP contribution in [0, 0.1) is 11.3 Å². The number of nitrogens with zero attached hydrogens (tertiary/aromatic N) is 1. The molecule has 0 amide bonds. The zero-order valence-corrected chi connectivity index (χ0v) is 11.6. The van der Waals surface area contributed by atoms with E-state index in [9.17, 15) is 4.79 Å². The Morgan fingerprint density at radius 3 is 2.53 bits per heavy atom. The van der Waals surface area contributed by atoms with Gasteiger partial charge in [0.05, 0.1) is 16.1 Å². The van der Waals surface area contributed by atoms with Gasteiger partial charge in [-0.3, -0.25) is 4.79 Å². The van der Waals surface area contributed by atoms with Crippen LogP contribution in [-0.4, -0.2) is 6.29 Å². The monoisotopic (exact) mass is 315 g/mol. The summed E-state index contributed by atoms with van der Waals surface area (Å²) in [6.07, 6.45) is 0.787. The number of carbonyl (C=O) groups excluding carboxylic acids is 1. The number of halogens is 1. The minimum Gasteiger partial charge on any atom is -0.488 e. The third-order valence-electron chi connectivity index (χ3n) is 2.57. The average Bonchev–Trinajstić information content (AvgIpc) is 2.46. The SMILES string of the molecule is N#Cc1ccc(COc2ccc(C=O)cc2Br)cc1. The first kappa shape index (κ1) is 13.3. The minimum absolute atomic E-state index is 0.407. The van der Waals surface area contributed by atoms with Gasteiger partial charge in [-0.2, -0.15) is 5.26 Å². The fourth-order valence-corrected chi connectivity index (χ4v) is 2.06. The smallest absolute Gasteiger partial charge is 0.150 e. The lowest BCUT2D eigenvalue weighted by molar-refractivity contribution is 0.112. The molecule has 0 saturated carbocycles. The van der Waals surface area contributed by atoms with Gasteiger partial charge >= 0.3 is 0 Å². The molecule has 0 aliphatic rings. The molecular formula is C15H10BrNO2. The Morgan fingerprint density at radius 2 is 1.95 bits per heavy atom. The summed E-state index contributed by atoms with van der Waals surface area (Å²) in [5.74, 6) is 0.676. The molecule has 0 N–H and O–H groups in total. The Labute approximate surface area is 119 Å². The molecule has 0 spiro atoms. The highest BCUT2D eigenvalue weighted by Crippen LogP contribution is 2.26. The van der Waals surface area contributed by atoms with Crippen molar-refractivity contribution in [2.45, 2.75) is 6.61 Å². The van der Waals surface area contributed by atoms with Crippen molar-refractivity contribution in [2.24, 2.45) is 0 Å². The average molecular weight is 316 g/mol. The van der Waals surface area contributed by atoms with Gasteiger partial charge in [-0.15, -0.1) is 0 Å². The molecule has 0 aromatic heterocycles. The first-order chi connectivity index (χ1) is 9.22. The van der Waals surface area contributed by atoms with Crippen molar-refractivity contribution in [1.29, 1.82) is 5.26 Å². The number of hydrogen-bond donors (Lipinski definition) is 0. The van der Waals surface area contributed by atoms with Crippen LogP contribution in [0.1, 0.15) is 21.5 Å². The fraction of sp³-hybridized carbons (Fsp3) is 0.0667. The molecule has 0 fully saturated rings. The highest BCUT2D eigenvalue weighted by Gasteiger charge is 2.03. The van der Waals surface area contributed by atoms with Crippen molar-refractivity contribution in [3.05, 3.63) is 63.6 Å². The van der Waals surface area contributed by atoms with Crippen molar-refractivity contribution >= 4 is 22.2 Å². The van der Waals surface area contributed by atoms with Crippen LogP contribution in [0.2, 0.25) is 0 Å². The Morgan fingerprint density at radius 1 is 1.21 bits per heavy atom. The van der Waals surface area contributed by atoms with Gasteiger partial charge in [0.25, 0.3) is 0 Å². The molecule has 19 heavy (non-hydrogen) atoms. The summed E-state index contributed by atoms with van der Waals surface area (Å²) in [5, 5.41) is 8.71. The van der Waals surface area contributed by atoms with Gasteiger partial charge in [-0.25, -0.2) is 0 Å². The zero-order chi connectivity index (χ0) is 13.7. The lowest BCUT2D eigenvalue weighted by atomic mass is 10.1. The molecule has 0 bridgehead atoms. The maximum absolute atomic E-state index is 10.6. The molecule has 0 atom stereocenters. The van der Waals surface area contributed by atoms with Crippen LogP contribution >= 0.6 is 15.9 Å². The fourth-order valence-electron chi connectivity index (χ4n) is 1.54. The molecule has 0 aliphatic carbocycles. The third kappa shape index (κ3) is 3.43. The first-order valence-corrected chi connectivity index (χ1v) is 6.39. The number of benzene rings is 2. The number of hydrogen-bond acceptors (Lipinski definition) is 3. The normalized spacial score (nSPS) is 9.68. The van der Waals surface area contributed by atoms with E-state index in [1.807, 2.05) is 12.1 Å². The summed E-state index contributed by atoms with van der Waals surface area (Å²) in [7, 11) is 0.